The lowest BCUT2D eigenvalue weighted by Gasteiger charge is -2.15. The Hall–Kier alpha value is -2.50. The molecule has 0 saturated heterocycles. The molecule has 1 heterocycles. The first-order valence-corrected chi connectivity index (χ1v) is 11.0. The van der Waals surface area contributed by atoms with Crippen molar-refractivity contribution in [3.8, 4) is 17.2 Å². The lowest BCUT2D eigenvalue weighted by atomic mass is 10.1. The number of para-hydroxylation sites is 1. The van der Waals surface area contributed by atoms with E-state index in [1.54, 1.807) is 18.2 Å². The fourth-order valence-electron chi connectivity index (χ4n) is 3.28. The second-order valence-electron chi connectivity index (χ2n) is 7.76. The van der Waals surface area contributed by atoms with Crippen molar-refractivity contribution in [1.82, 2.24) is 0 Å². The minimum atomic E-state index is -0.682. The molecule has 0 fully saturated rings. The van der Waals surface area contributed by atoms with Crippen LogP contribution in [-0.2, 0) is 4.79 Å². The second kappa shape index (κ2) is 12.3. The maximum Gasteiger partial charge on any atom is 0.383 e. The maximum absolute atomic E-state index is 12.6. The third kappa shape index (κ3) is 7.08. The zero-order chi connectivity index (χ0) is 21.9. The lowest BCUT2D eigenvalue weighted by molar-refractivity contribution is -0.131. The summed E-state index contributed by atoms with van der Waals surface area (Å²) in [4.78, 5) is 24.3. The Balaban J connectivity index is 2.12. The van der Waals surface area contributed by atoms with Crippen molar-refractivity contribution in [1.29, 1.82) is 0 Å². The topological polar surface area (TPSA) is 75.0 Å². The predicted molar refractivity (Wildman–Crippen MR) is 118 cm³/mol. The summed E-state index contributed by atoms with van der Waals surface area (Å²) in [5.41, 5.74) is -0.440. The smallest absolute Gasteiger partial charge is 0.383 e. The van der Waals surface area contributed by atoms with Crippen LogP contribution in [0.4, 0.5) is 0 Å². The van der Waals surface area contributed by atoms with E-state index in [-0.39, 0.29) is 23.2 Å². The van der Waals surface area contributed by atoms with Gasteiger partial charge in [0.05, 0.1) is 18.1 Å². The molecular weight excluding hydrogens is 384 g/mol. The minimum Gasteiger partial charge on any atom is -0.487 e. The molecule has 0 spiro atoms. The summed E-state index contributed by atoms with van der Waals surface area (Å²) in [6, 6.07) is 5.19. The quantitative estimate of drug-likeness (QED) is 0.225. The summed E-state index contributed by atoms with van der Waals surface area (Å²) in [6.07, 6.45) is 9.21. The molecule has 0 amide bonds. The molecule has 30 heavy (non-hydrogen) atoms. The largest absolute Gasteiger partial charge is 0.487 e. The summed E-state index contributed by atoms with van der Waals surface area (Å²) >= 11 is 0. The molecule has 1 aromatic heterocycles. The van der Waals surface area contributed by atoms with Gasteiger partial charge in [0.15, 0.2) is 17.1 Å². The number of unbranched alkanes of at least 4 members (excludes halogenated alkanes) is 7. The highest BCUT2D eigenvalue weighted by Crippen LogP contribution is 2.37. The van der Waals surface area contributed by atoms with Crippen molar-refractivity contribution in [2.75, 3.05) is 6.61 Å². The predicted octanol–water partition coefficient (Wildman–Crippen LogP) is 6.03. The summed E-state index contributed by atoms with van der Waals surface area (Å²) < 4.78 is 22.3. The first-order valence-electron chi connectivity index (χ1n) is 11.0. The van der Waals surface area contributed by atoms with Crippen LogP contribution in [0.2, 0.25) is 0 Å². The Morgan fingerprint density at radius 1 is 1.00 bits per heavy atom. The van der Waals surface area contributed by atoms with E-state index in [0.29, 0.717) is 17.7 Å². The monoisotopic (exact) mass is 418 g/mol. The molecule has 6 nitrogen and oxygen atoms in total. The highest BCUT2D eigenvalue weighted by molar-refractivity contribution is 5.91. The van der Waals surface area contributed by atoms with Crippen LogP contribution in [0.3, 0.4) is 0 Å². The molecule has 0 bridgehead atoms. The van der Waals surface area contributed by atoms with Crippen molar-refractivity contribution >= 4 is 16.9 Å². The van der Waals surface area contributed by atoms with Crippen LogP contribution >= 0.6 is 0 Å². The molecule has 6 heteroatoms. The first-order chi connectivity index (χ1) is 14.4. The fourth-order valence-corrected chi connectivity index (χ4v) is 3.28. The van der Waals surface area contributed by atoms with Crippen molar-refractivity contribution in [2.45, 2.75) is 85.2 Å². The fraction of sp³-hybridized carbons (Fsp3) is 0.583. The molecule has 0 aliphatic carbocycles. The molecule has 0 N–H and O–H groups in total. The van der Waals surface area contributed by atoms with E-state index in [9.17, 15) is 9.59 Å². The van der Waals surface area contributed by atoms with E-state index < -0.39 is 11.6 Å². The Morgan fingerprint density at radius 3 is 2.30 bits per heavy atom. The molecule has 166 valence electrons. The van der Waals surface area contributed by atoms with Gasteiger partial charge in [0.25, 0.3) is 0 Å². The van der Waals surface area contributed by atoms with Crippen molar-refractivity contribution in [3.05, 3.63) is 28.6 Å². The standard InChI is InChI=1S/C24H34O6/c1-5-6-7-8-9-10-11-12-16-27-23-22(29-18(4)25)19-14-13-15-20(28-17(2)3)21(19)30-24(23)26/h13-15,17H,5-12,16H2,1-4H3. The highest BCUT2D eigenvalue weighted by atomic mass is 16.6. The number of ether oxygens (including phenoxy) is 3. The molecule has 0 atom stereocenters. The van der Waals surface area contributed by atoms with Gasteiger partial charge < -0.3 is 18.6 Å². The number of esters is 1. The van der Waals surface area contributed by atoms with Crippen LogP contribution in [0.15, 0.2) is 27.4 Å². The van der Waals surface area contributed by atoms with Gasteiger partial charge in [0, 0.05) is 6.92 Å². The number of benzene rings is 1. The van der Waals surface area contributed by atoms with Gasteiger partial charge in [-0.15, -0.1) is 0 Å². The number of carbonyl (C=O) groups excluding carboxylic acids is 1. The average Bonchev–Trinajstić information content (AvgIpc) is 2.68. The van der Waals surface area contributed by atoms with Gasteiger partial charge in [0.1, 0.15) is 0 Å². The van der Waals surface area contributed by atoms with E-state index in [1.807, 2.05) is 13.8 Å². The van der Waals surface area contributed by atoms with Gasteiger partial charge in [-0.1, -0.05) is 57.9 Å². The van der Waals surface area contributed by atoms with Crippen LogP contribution in [0.1, 0.15) is 79.1 Å². The Bertz CT molecular complexity index is 868. The first kappa shape index (κ1) is 23.8. The van der Waals surface area contributed by atoms with Crippen molar-refractivity contribution < 1.29 is 23.4 Å². The van der Waals surface area contributed by atoms with Crippen molar-refractivity contribution in [2.24, 2.45) is 0 Å². The summed E-state index contributed by atoms with van der Waals surface area (Å²) in [5, 5.41) is 0.467. The highest BCUT2D eigenvalue weighted by Gasteiger charge is 2.21. The van der Waals surface area contributed by atoms with Crippen LogP contribution in [0.25, 0.3) is 11.0 Å². The summed E-state index contributed by atoms with van der Waals surface area (Å²) in [7, 11) is 0. The number of rotatable bonds is 13. The van der Waals surface area contributed by atoms with Crippen molar-refractivity contribution in [3.63, 3.8) is 0 Å². The Labute approximate surface area is 178 Å². The third-order valence-corrected chi connectivity index (χ3v) is 4.66. The van der Waals surface area contributed by atoms with Crippen LogP contribution < -0.4 is 19.8 Å². The molecule has 0 aliphatic rings. The zero-order valence-electron chi connectivity index (χ0n) is 18.6. The zero-order valence-corrected chi connectivity index (χ0v) is 18.6. The van der Waals surface area contributed by atoms with Gasteiger partial charge in [-0.2, -0.15) is 0 Å². The Morgan fingerprint density at radius 2 is 1.67 bits per heavy atom. The Kier molecular flexibility index (Phi) is 9.71. The van der Waals surface area contributed by atoms with E-state index >= 15 is 0 Å². The van der Waals surface area contributed by atoms with Gasteiger partial charge in [-0.05, 0) is 32.4 Å². The summed E-state index contributed by atoms with van der Waals surface area (Å²) in [5.74, 6) is -0.0958. The molecule has 0 aliphatic heterocycles. The van der Waals surface area contributed by atoms with E-state index in [4.69, 9.17) is 18.6 Å². The van der Waals surface area contributed by atoms with Crippen LogP contribution in [0.5, 0.6) is 17.2 Å². The SMILES string of the molecule is CCCCCCCCCCOc1c(OC(C)=O)c2cccc(OC(C)C)c2oc1=O. The van der Waals surface area contributed by atoms with Gasteiger partial charge in [-0.25, -0.2) is 4.79 Å². The molecule has 2 aromatic rings. The number of carbonyl (C=O) groups is 1. The minimum absolute atomic E-state index is 0.0673. The van der Waals surface area contributed by atoms with Crippen LogP contribution in [0, 0.1) is 0 Å². The van der Waals surface area contributed by atoms with Gasteiger partial charge in [0.2, 0.25) is 5.75 Å². The normalized spacial score (nSPS) is 11.1. The lowest BCUT2D eigenvalue weighted by Crippen LogP contribution is -2.14. The molecule has 1 aromatic carbocycles. The third-order valence-electron chi connectivity index (χ3n) is 4.66. The molecule has 2 rings (SSSR count). The van der Waals surface area contributed by atoms with Crippen LogP contribution in [-0.4, -0.2) is 18.7 Å². The number of fused-ring (bicyclic) bond motifs is 1. The van der Waals surface area contributed by atoms with E-state index in [1.165, 1.54) is 39.0 Å². The van der Waals surface area contributed by atoms with Gasteiger partial charge in [-0.3, -0.25) is 4.79 Å². The molecule has 0 saturated carbocycles. The van der Waals surface area contributed by atoms with E-state index in [2.05, 4.69) is 6.92 Å². The molecule has 0 unspecified atom stereocenters. The number of hydrogen-bond donors (Lipinski definition) is 0. The summed E-state index contributed by atoms with van der Waals surface area (Å²) in [6.45, 7) is 7.62. The van der Waals surface area contributed by atoms with Gasteiger partial charge >= 0.3 is 11.6 Å². The maximum atomic E-state index is 12.6. The molecular formula is C24H34O6. The second-order valence-corrected chi connectivity index (χ2v) is 7.76. The number of hydrogen-bond acceptors (Lipinski definition) is 6. The van der Waals surface area contributed by atoms with E-state index in [0.717, 1.165) is 19.3 Å². The average molecular weight is 419 g/mol. The molecule has 0 radical (unpaired) electrons.